The molecule has 0 aromatic heterocycles. The molecule has 1 unspecified atom stereocenters. The highest BCUT2D eigenvalue weighted by Gasteiger charge is 2.52. The van der Waals surface area contributed by atoms with Crippen LogP contribution in [0.5, 0.6) is 0 Å². The maximum absolute atomic E-state index is 13.8. The summed E-state index contributed by atoms with van der Waals surface area (Å²) in [5.41, 5.74) is -0.199. The van der Waals surface area contributed by atoms with E-state index in [2.05, 4.69) is 5.32 Å². The van der Waals surface area contributed by atoms with Gasteiger partial charge in [0, 0.05) is 12.1 Å². The lowest BCUT2D eigenvalue weighted by atomic mass is 9.94. The molecular formula is C16H22FNO2. The van der Waals surface area contributed by atoms with E-state index in [-0.39, 0.29) is 17.6 Å². The van der Waals surface area contributed by atoms with Crippen LogP contribution >= 0.6 is 0 Å². The molecule has 0 heterocycles. The smallest absolute Gasteiger partial charge is 0.230 e. The number of rotatable bonds is 6. The van der Waals surface area contributed by atoms with E-state index >= 15 is 0 Å². The number of carbonyl (C=O) groups excluding carboxylic acids is 1. The first-order valence-corrected chi connectivity index (χ1v) is 7.19. The van der Waals surface area contributed by atoms with Crippen molar-refractivity contribution in [1.82, 2.24) is 5.32 Å². The predicted octanol–water partition coefficient (Wildman–Crippen LogP) is 2.38. The van der Waals surface area contributed by atoms with Crippen LogP contribution < -0.4 is 5.32 Å². The van der Waals surface area contributed by atoms with Crippen molar-refractivity contribution in [2.24, 2.45) is 5.92 Å². The van der Waals surface area contributed by atoms with Crippen LogP contribution in [0.25, 0.3) is 0 Å². The molecule has 1 fully saturated rings. The van der Waals surface area contributed by atoms with Crippen LogP contribution in [-0.4, -0.2) is 23.7 Å². The topological polar surface area (TPSA) is 49.3 Å². The summed E-state index contributed by atoms with van der Waals surface area (Å²) in [4.78, 5) is 12.3. The van der Waals surface area contributed by atoms with Crippen LogP contribution in [0.15, 0.2) is 24.3 Å². The number of halogens is 1. The Kier molecular flexibility index (Phi) is 4.43. The molecule has 0 bridgehead atoms. The average Bonchev–Trinajstić information content (AvgIpc) is 3.20. The van der Waals surface area contributed by atoms with Crippen molar-refractivity contribution in [2.45, 2.75) is 44.6 Å². The van der Waals surface area contributed by atoms with Gasteiger partial charge < -0.3 is 10.4 Å². The molecule has 1 aliphatic carbocycles. The normalized spacial score (nSPS) is 17.9. The van der Waals surface area contributed by atoms with Crippen molar-refractivity contribution in [2.75, 3.05) is 6.54 Å². The first kappa shape index (κ1) is 15.0. The first-order valence-electron chi connectivity index (χ1n) is 7.19. The third-order valence-corrected chi connectivity index (χ3v) is 4.07. The van der Waals surface area contributed by atoms with E-state index < -0.39 is 11.5 Å². The van der Waals surface area contributed by atoms with Crippen molar-refractivity contribution in [3.05, 3.63) is 35.6 Å². The third-order valence-electron chi connectivity index (χ3n) is 4.07. The van der Waals surface area contributed by atoms with Crippen LogP contribution in [0.1, 0.15) is 38.7 Å². The van der Waals surface area contributed by atoms with Gasteiger partial charge in [0.2, 0.25) is 5.91 Å². The number of aliphatic hydroxyl groups is 1. The van der Waals surface area contributed by atoms with Gasteiger partial charge in [-0.2, -0.15) is 0 Å². The molecule has 1 aliphatic rings. The molecule has 0 aliphatic heterocycles. The minimum Gasteiger partial charge on any atom is -0.393 e. The zero-order valence-corrected chi connectivity index (χ0v) is 12.0. The Hall–Kier alpha value is -1.42. The number of nitrogens with one attached hydrogen (secondary N) is 1. The molecule has 0 spiro atoms. The van der Waals surface area contributed by atoms with Crippen LogP contribution in [0, 0.1) is 11.7 Å². The number of benzene rings is 1. The van der Waals surface area contributed by atoms with Gasteiger partial charge in [0.25, 0.3) is 0 Å². The van der Waals surface area contributed by atoms with Gasteiger partial charge >= 0.3 is 0 Å². The Balaban J connectivity index is 1.94. The van der Waals surface area contributed by atoms with Gasteiger partial charge in [0.15, 0.2) is 0 Å². The van der Waals surface area contributed by atoms with Gasteiger partial charge in [-0.1, -0.05) is 32.0 Å². The van der Waals surface area contributed by atoms with Crippen LogP contribution in [-0.2, 0) is 10.2 Å². The minimum absolute atomic E-state index is 0.126. The quantitative estimate of drug-likeness (QED) is 0.840. The van der Waals surface area contributed by atoms with Gasteiger partial charge in [-0.3, -0.25) is 4.79 Å². The molecule has 3 nitrogen and oxygen atoms in total. The van der Waals surface area contributed by atoms with Crippen LogP contribution in [0.4, 0.5) is 4.39 Å². The molecule has 0 radical (unpaired) electrons. The van der Waals surface area contributed by atoms with E-state index in [1.54, 1.807) is 18.2 Å². The van der Waals surface area contributed by atoms with Crippen molar-refractivity contribution >= 4 is 5.91 Å². The van der Waals surface area contributed by atoms with Crippen molar-refractivity contribution in [1.29, 1.82) is 0 Å². The van der Waals surface area contributed by atoms with Crippen LogP contribution in [0.3, 0.4) is 0 Å². The van der Waals surface area contributed by atoms with E-state index in [1.165, 1.54) is 6.07 Å². The van der Waals surface area contributed by atoms with Gasteiger partial charge in [0.05, 0.1) is 11.5 Å². The van der Waals surface area contributed by atoms with Crippen LogP contribution in [0.2, 0.25) is 0 Å². The zero-order valence-electron chi connectivity index (χ0n) is 12.0. The lowest BCUT2D eigenvalue weighted by Crippen LogP contribution is -2.37. The molecule has 1 amide bonds. The number of aliphatic hydroxyl groups excluding tert-OH is 1. The largest absolute Gasteiger partial charge is 0.393 e. The van der Waals surface area contributed by atoms with E-state index in [9.17, 15) is 14.3 Å². The van der Waals surface area contributed by atoms with E-state index in [0.29, 0.717) is 31.4 Å². The monoisotopic (exact) mass is 279 g/mol. The van der Waals surface area contributed by atoms with E-state index in [1.807, 2.05) is 13.8 Å². The summed E-state index contributed by atoms with van der Waals surface area (Å²) in [6.45, 7) is 4.30. The molecule has 1 saturated carbocycles. The number of amides is 1. The Bertz CT molecular complexity index is 483. The summed E-state index contributed by atoms with van der Waals surface area (Å²) in [5, 5.41) is 12.5. The number of hydrogen-bond acceptors (Lipinski definition) is 2. The molecule has 2 N–H and O–H groups in total. The summed E-state index contributed by atoms with van der Waals surface area (Å²) in [6.07, 6.45) is 1.48. The Morgan fingerprint density at radius 3 is 2.60 bits per heavy atom. The predicted molar refractivity (Wildman–Crippen MR) is 75.8 cm³/mol. The van der Waals surface area contributed by atoms with Gasteiger partial charge in [0.1, 0.15) is 5.82 Å². The van der Waals surface area contributed by atoms with Crippen molar-refractivity contribution in [3.63, 3.8) is 0 Å². The summed E-state index contributed by atoms with van der Waals surface area (Å²) in [7, 11) is 0. The van der Waals surface area contributed by atoms with Gasteiger partial charge in [-0.25, -0.2) is 4.39 Å². The summed E-state index contributed by atoms with van der Waals surface area (Å²) in [5.74, 6) is -0.269. The van der Waals surface area contributed by atoms with Crippen molar-refractivity contribution < 1.29 is 14.3 Å². The van der Waals surface area contributed by atoms with E-state index in [0.717, 1.165) is 0 Å². The summed E-state index contributed by atoms with van der Waals surface area (Å²) >= 11 is 0. The fourth-order valence-electron chi connectivity index (χ4n) is 2.43. The molecule has 20 heavy (non-hydrogen) atoms. The Morgan fingerprint density at radius 1 is 1.40 bits per heavy atom. The molecule has 1 atom stereocenters. The molecule has 0 saturated heterocycles. The maximum atomic E-state index is 13.8. The van der Waals surface area contributed by atoms with Gasteiger partial charge in [-0.15, -0.1) is 0 Å². The molecular weight excluding hydrogens is 257 g/mol. The minimum atomic E-state index is -0.686. The van der Waals surface area contributed by atoms with Crippen molar-refractivity contribution in [3.8, 4) is 0 Å². The Morgan fingerprint density at radius 2 is 2.05 bits per heavy atom. The lowest BCUT2D eigenvalue weighted by molar-refractivity contribution is -0.123. The highest BCUT2D eigenvalue weighted by atomic mass is 19.1. The zero-order chi connectivity index (χ0) is 14.8. The highest BCUT2D eigenvalue weighted by Crippen LogP contribution is 2.49. The third kappa shape index (κ3) is 3.01. The number of hydrogen-bond donors (Lipinski definition) is 2. The summed E-state index contributed by atoms with van der Waals surface area (Å²) in [6, 6.07) is 6.47. The second-order valence-electron chi connectivity index (χ2n) is 5.92. The maximum Gasteiger partial charge on any atom is 0.230 e. The molecule has 1 aromatic rings. The molecule has 4 heteroatoms. The highest BCUT2D eigenvalue weighted by molar-refractivity contribution is 5.91. The number of carbonyl (C=O) groups is 1. The summed E-state index contributed by atoms with van der Waals surface area (Å²) < 4.78 is 13.8. The molecule has 110 valence electrons. The average molecular weight is 279 g/mol. The second-order valence-corrected chi connectivity index (χ2v) is 5.92. The van der Waals surface area contributed by atoms with Gasteiger partial charge in [-0.05, 0) is 31.2 Å². The fourth-order valence-corrected chi connectivity index (χ4v) is 2.43. The second kappa shape index (κ2) is 5.92. The first-order chi connectivity index (χ1) is 9.47. The standard InChI is InChI=1S/C16H22FNO2/c1-11(2)14(19)7-10-18-15(20)16(8-9-16)12-5-3-4-6-13(12)17/h3-6,11,14,19H,7-10H2,1-2H3,(H,18,20). The lowest BCUT2D eigenvalue weighted by Gasteiger charge is -2.18. The van der Waals surface area contributed by atoms with E-state index in [4.69, 9.17) is 0 Å². The fraction of sp³-hybridized carbons (Fsp3) is 0.562. The SMILES string of the molecule is CC(C)C(O)CCNC(=O)C1(c2ccccc2F)CC1. The molecule has 2 rings (SSSR count). The molecule has 1 aromatic carbocycles. The Labute approximate surface area is 119 Å².